The third-order valence-electron chi connectivity index (χ3n) is 3.94. The number of quaternary nitrogens is 1. The maximum Gasteiger partial charge on any atom is 0.503 e. The number of nitrogens with zero attached hydrogens (tertiary/aromatic N) is 1. The summed E-state index contributed by atoms with van der Waals surface area (Å²) >= 11 is 0. The predicted octanol–water partition coefficient (Wildman–Crippen LogP) is 5.65. The summed E-state index contributed by atoms with van der Waals surface area (Å²) in [7, 11) is 0. The molecule has 0 saturated carbocycles. The lowest BCUT2D eigenvalue weighted by Crippen LogP contribution is -2.50. The fourth-order valence-corrected chi connectivity index (χ4v) is 2.64. The molecule has 0 aromatic rings. The van der Waals surface area contributed by atoms with E-state index in [1.807, 2.05) is 0 Å². The largest absolute Gasteiger partial charge is 0.503 e. The first-order valence-electron chi connectivity index (χ1n) is 8.74. The van der Waals surface area contributed by atoms with Crippen molar-refractivity contribution >= 4 is 18.6 Å². The van der Waals surface area contributed by atoms with E-state index in [1.54, 1.807) is 0 Å². The van der Waals surface area contributed by atoms with E-state index in [0.717, 1.165) is 0 Å². The molecule has 0 aromatic heterocycles. The van der Waals surface area contributed by atoms with Gasteiger partial charge in [-0.05, 0) is 25.7 Å². The lowest BCUT2D eigenvalue weighted by molar-refractivity contribution is -0.929. The number of carboxylic acid groups (broad SMARTS) is 2. The molecule has 0 aromatic carbocycles. The van der Waals surface area contributed by atoms with Crippen molar-refractivity contribution < 1.29 is 19.5 Å². The molecule has 0 bridgehead atoms. The van der Waals surface area contributed by atoms with Gasteiger partial charge in [-0.15, -0.1) is 12.4 Å². The van der Waals surface area contributed by atoms with Crippen LogP contribution in [0.2, 0.25) is 0 Å². The normalized spacial score (nSPS) is 10.4. The minimum atomic E-state index is -1.83. The molecular weight excluding hydrogens is 302 g/mol. The molecular formula is C17H39ClNO3+. The second-order valence-corrected chi connectivity index (χ2v) is 5.93. The molecule has 0 amide bonds. The average molecular weight is 341 g/mol. The van der Waals surface area contributed by atoms with Crippen molar-refractivity contribution in [3.63, 3.8) is 0 Å². The van der Waals surface area contributed by atoms with E-state index in [2.05, 4.69) is 27.7 Å². The Morgan fingerprint density at radius 2 is 0.864 bits per heavy atom. The van der Waals surface area contributed by atoms with E-state index in [4.69, 9.17) is 15.0 Å². The van der Waals surface area contributed by atoms with E-state index in [-0.39, 0.29) is 12.4 Å². The first-order valence-corrected chi connectivity index (χ1v) is 8.74. The summed E-state index contributed by atoms with van der Waals surface area (Å²) in [5.41, 5.74) is 0. The van der Waals surface area contributed by atoms with E-state index in [1.165, 1.54) is 82.0 Å². The molecule has 22 heavy (non-hydrogen) atoms. The number of hydrogen-bond donors (Lipinski definition) is 2. The zero-order valence-corrected chi connectivity index (χ0v) is 16.0. The van der Waals surface area contributed by atoms with Crippen molar-refractivity contribution in [2.75, 3.05) is 26.2 Å². The smallest absolute Gasteiger partial charge is 0.450 e. The van der Waals surface area contributed by atoms with Gasteiger partial charge < -0.3 is 14.7 Å². The van der Waals surface area contributed by atoms with Crippen LogP contribution in [0.4, 0.5) is 4.79 Å². The second kappa shape index (κ2) is 18.6. The van der Waals surface area contributed by atoms with Crippen LogP contribution >= 0.6 is 12.4 Å². The van der Waals surface area contributed by atoms with Crippen molar-refractivity contribution in [3.8, 4) is 0 Å². The lowest BCUT2D eigenvalue weighted by Gasteiger charge is -2.39. The standard InChI is InChI=1S/C16H36N.CH2O3.ClH/c1-5-9-13-17(14-10-6-2,15-11-7-3)16-12-8-4;2-1(3)4;/h5-16H2,1-4H3;(H2,2,3,4);1H/q+1;;. The van der Waals surface area contributed by atoms with E-state index >= 15 is 0 Å². The molecule has 4 nitrogen and oxygen atoms in total. The Bertz CT molecular complexity index is 196. The molecule has 0 atom stereocenters. The SMILES string of the molecule is CCCC[N+](CCCC)(CCCC)CCCC.Cl.O=C(O)O. The van der Waals surface area contributed by atoms with Gasteiger partial charge in [0.25, 0.3) is 0 Å². The van der Waals surface area contributed by atoms with Crippen LogP contribution in [-0.4, -0.2) is 47.0 Å². The van der Waals surface area contributed by atoms with E-state index < -0.39 is 6.16 Å². The van der Waals surface area contributed by atoms with Crippen LogP contribution < -0.4 is 0 Å². The molecule has 2 N–H and O–H groups in total. The Morgan fingerprint density at radius 3 is 1.00 bits per heavy atom. The molecule has 0 spiro atoms. The summed E-state index contributed by atoms with van der Waals surface area (Å²) < 4.78 is 1.42. The highest BCUT2D eigenvalue weighted by molar-refractivity contribution is 5.85. The highest BCUT2D eigenvalue weighted by Gasteiger charge is 2.24. The molecule has 0 rings (SSSR count). The summed E-state index contributed by atoms with van der Waals surface area (Å²) in [6.07, 6.45) is 9.23. The van der Waals surface area contributed by atoms with Crippen LogP contribution in [0, 0.1) is 0 Å². The van der Waals surface area contributed by atoms with Gasteiger partial charge in [0, 0.05) is 0 Å². The molecule has 0 aliphatic rings. The number of hydrogen-bond acceptors (Lipinski definition) is 1. The molecule has 0 radical (unpaired) electrons. The zero-order chi connectivity index (χ0) is 16.6. The highest BCUT2D eigenvalue weighted by Crippen LogP contribution is 2.16. The van der Waals surface area contributed by atoms with Crippen molar-refractivity contribution in [2.24, 2.45) is 0 Å². The fourth-order valence-electron chi connectivity index (χ4n) is 2.64. The third kappa shape index (κ3) is 17.6. The highest BCUT2D eigenvalue weighted by atomic mass is 35.5. The molecule has 0 heterocycles. The van der Waals surface area contributed by atoms with Gasteiger partial charge in [0.2, 0.25) is 0 Å². The predicted molar refractivity (Wildman–Crippen MR) is 97.3 cm³/mol. The second-order valence-electron chi connectivity index (χ2n) is 5.93. The fraction of sp³-hybridized carbons (Fsp3) is 0.941. The molecule has 0 saturated heterocycles. The van der Waals surface area contributed by atoms with Gasteiger partial charge in [0.1, 0.15) is 0 Å². The quantitative estimate of drug-likeness (QED) is 0.451. The van der Waals surface area contributed by atoms with Crippen molar-refractivity contribution in [1.29, 1.82) is 0 Å². The minimum Gasteiger partial charge on any atom is -0.450 e. The number of carbonyl (C=O) groups is 1. The summed E-state index contributed by atoms with van der Waals surface area (Å²) in [5.74, 6) is 0. The van der Waals surface area contributed by atoms with Crippen molar-refractivity contribution in [2.45, 2.75) is 79.1 Å². The lowest BCUT2D eigenvalue weighted by atomic mass is 10.1. The van der Waals surface area contributed by atoms with Gasteiger partial charge in [-0.1, -0.05) is 53.4 Å². The molecule has 0 aliphatic carbocycles. The van der Waals surface area contributed by atoms with Crippen LogP contribution in [-0.2, 0) is 0 Å². The van der Waals surface area contributed by atoms with Crippen LogP contribution in [0.25, 0.3) is 0 Å². The van der Waals surface area contributed by atoms with E-state index in [9.17, 15) is 0 Å². The van der Waals surface area contributed by atoms with Gasteiger partial charge in [0.05, 0.1) is 26.2 Å². The maximum absolute atomic E-state index is 8.56. The molecule has 136 valence electrons. The van der Waals surface area contributed by atoms with Gasteiger partial charge in [-0.3, -0.25) is 0 Å². The summed E-state index contributed by atoms with van der Waals surface area (Å²) in [6.45, 7) is 15.0. The summed E-state index contributed by atoms with van der Waals surface area (Å²) in [4.78, 5) is 8.56. The molecule has 0 fully saturated rings. The maximum atomic E-state index is 8.56. The number of halogens is 1. The Hall–Kier alpha value is -0.480. The number of unbranched alkanes of at least 4 members (excludes halogenated alkanes) is 4. The molecule has 0 unspecified atom stereocenters. The third-order valence-corrected chi connectivity index (χ3v) is 3.94. The summed E-state index contributed by atoms with van der Waals surface area (Å²) in [6, 6.07) is 0. The Morgan fingerprint density at radius 1 is 0.682 bits per heavy atom. The van der Waals surface area contributed by atoms with E-state index in [0.29, 0.717) is 0 Å². The van der Waals surface area contributed by atoms with Crippen LogP contribution in [0.1, 0.15) is 79.1 Å². The molecule has 0 aliphatic heterocycles. The topological polar surface area (TPSA) is 57.5 Å². The Balaban J connectivity index is -0.000000640. The van der Waals surface area contributed by atoms with Crippen molar-refractivity contribution in [1.82, 2.24) is 0 Å². The van der Waals surface area contributed by atoms with Crippen LogP contribution in [0.3, 0.4) is 0 Å². The first kappa shape index (κ1) is 26.4. The zero-order valence-electron chi connectivity index (χ0n) is 15.1. The Labute approximate surface area is 143 Å². The van der Waals surface area contributed by atoms with Gasteiger partial charge >= 0.3 is 6.16 Å². The number of rotatable bonds is 12. The summed E-state index contributed by atoms with van der Waals surface area (Å²) in [5, 5.41) is 13.9. The first-order chi connectivity index (χ1) is 9.97. The van der Waals surface area contributed by atoms with Crippen LogP contribution in [0.5, 0.6) is 0 Å². The minimum absolute atomic E-state index is 0. The van der Waals surface area contributed by atoms with Gasteiger partial charge in [0.15, 0.2) is 0 Å². The van der Waals surface area contributed by atoms with Gasteiger partial charge in [-0.25, -0.2) is 4.79 Å². The monoisotopic (exact) mass is 340 g/mol. The molecule has 5 heteroatoms. The Kier molecular flexibility index (Phi) is 22.3. The van der Waals surface area contributed by atoms with Gasteiger partial charge in [-0.2, -0.15) is 0 Å². The van der Waals surface area contributed by atoms with Crippen molar-refractivity contribution in [3.05, 3.63) is 0 Å². The average Bonchev–Trinajstić information content (AvgIpc) is 2.45. The van der Waals surface area contributed by atoms with Crippen LogP contribution in [0.15, 0.2) is 0 Å².